The summed E-state index contributed by atoms with van der Waals surface area (Å²) in [5.74, 6) is 0.134. The third-order valence-electron chi connectivity index (χ3n) is 2.71. The molecule has 1 N–H and O–H groups in total. The topological polar surface area (TPSA) is 72.7 Å². The number of alkyl halides is 3. The van der Waals surface area contributed by atoms with Gasteiger partial charge in [0.2, 0.25) is 5.91 Å². The maximum absolute atomic E-state index is 12.4. The van der Waals surface area contributed by atoms with Gasteiger partial charge in [0.05, 0.1) is 5.56 Å². The van der Waals surface area contributed by atoms with E-state index in [9.17, 15) is 18.0 Å². The van der Waals surface area contributed by atoms with Crippen LogP contribution in [0.3, 0.4) is 0 Å². The van der Waals surface area contributed by atoms with Crippen LogP contribution in [0.1, 0.15) is 18.3 Å². The summed E-state index contributed by atoms with van der Waals surface area (Å²) in [6.07, 6.45) is -3.83. The molecule has 2 rings (SSSR count). The van der Waals surface area contributed by atoms with Crippen LogP contribution in [0.15, 0.2) is 24.3 Å². The van der Waals surface area contributed by atoms with Crippen LogP contribution in [-0.2, 0) is 23.9 Å². The number of halogens is 3. The predicted octanol–water partition coefficient (Wildman–Crippen LogP) is 1.89. The Bertz CT molecular complexity index is 621. The molecule has 1 aromatic heterocycles. The zero-order valence-corrected chi connectivity index (χ0v) is 11.1. The van der Waals surface area contributed by atoms with Crippen LogP contribution in [-0.4, -0.2) is 26.1 Å². The quantitative estimate of drug-likeness (QED) is 0.935. The molecule has 1 aromatic carbocycles. The van der Waals surface area contributed by atoms with Crippen molar-refractivity contribution < 1.29 is 18.0 Å². The standard InChI is InChI=1S/C12H12F3N5O/c1-2-10-17-18-19-20(10)7-11(21)16-9-5-3-8(4-6-9)12(13,14)15/h3-6H,2,7H2,1H3,(H,16,21). The Balaban J connectivity index is 2.00. The van der Waals surface area contributed by atoms with Gasteiger partial charge in [-0.3, -0.25) is 4.79 Å². The number of amides is 1. The molecular formula is C12H12F3N5O. The lowest BCUT2D eigenvalue weighted by molar-refractivity contribution is -0.137. The number of nitrogens with one attached hydrogen (secondary N) is 1. The summed E-state index contributed by atoms with van der Waals surface area (Å²) >= 11 is 0. The highest BCUT2D eigenvalue weighted by Crippen LogP contribution is 2.29. The first-order valence-corrected chi connectivity index (χ1v) is 6.12. The zero-order valence-electron chi connectivity index (χ0n) is 11.1. The molecule has 21 heavy (non-hydrogen) atoms. The van der Waals surface area contributed by atoms with Gasteiger partial charge in [0.1, 0.15) is 6.54 Å². The number of rotatable bonds is 4. The van der Waals surface area contributed by atoms with Gasteiger partial charge >= 0.3 is 6.18 Å². The molecule has 112 valence electrons. The van der Waals surface area contributed by atoms with E-state index in [1.807, 2.05) is 6.92 Å². The minimum Gasteiger partial charge on any atom is -0.324 e. The van der Waals surface area contributed by atoms with Crippen molar-refractivity contribution in [2.45, 2.75) is 26.1 Å². The van der Waals surface area contributed by atoms with Crippen LogP contribution in [0.4, 0.5) is 18.9 Å². The molecule has 0 aliphatic carbocycles. The summed E-state index contributed by atoms with van der Waals surface area (Å²) < 4.78 is 38.5. The van der Waals surface area contributed by atoms with E-state index in [0.29, 0.717) is 12.2 Å². The van der Waals surface area contributed by atoms with Crippen molar-refractivity contribution in [2.75, 3.05) is 5.32 Å². The van der Waals surface area contributed by atoms with Gasteiger partial charge in [-0.05, 0) is 34.7 Å². The van der Waals surface area contributed by atoms with Crippen molar-refractivity contribution in [1.29, 1.82) is 0 Å². The number of hydrogen-bond acceptors (Lipinski definition) is 4. The van der Waals surface area contributed by atoms with Crippen molar-refractivity contribution in [3.8, 4) is 0 Å². The van der Waals surface area contributed by atoms with Gasteiger partial charge in [-0.2, -0.15) is 13.2 Å². The number of carbonyl (C=O) groups excluding carboxylic acids is 1. The Hall–Kier alpha value is -2.45. The summed E-state index contributed by atoms with van der Waals surface area (Å²) in [5, 5.41) is 13.3. The molecule has 0 aliphatic rings. The lowest BCUT2D eigenvalue weighted by Crippen LogP contribution is -2.21. The lowest BCUT2D eigenvalue weighted by atomic mass is 10.2. The minimum absolute atomic E-state index is 0.100. The van der Waals surface area contributed by atoms with Gasteiger partial charge in [-0.25, -0.2) is 4.68 Å². The molecular weight excluding hydrogens is 287 g/mol. The fourth-order valence-electron chi connectivity index (χ4n) is 1.68. The number of carbonyl (C=O) groups is 1. The molecule has 0 radical (unpaired) electrons. The zero-order chi connectivity index (χ0) is 15.5. The first-order valence-electron chi connectivity index (χ1n) is 6.12. The van der Waals surface area contributed by atoms with E-state index in [-0.39, 0.29) is 12.2 Å². The maximum atomic E-state index is 12.4. The van der Waals surface area contributed by atoms with E-state index in [4.69, 9.17) is 0 Å². The molecule has 9 heteroatoms. The second-order valence-corrected chi connectivity index (χ2v) is 4.23. The van der Waals surface area contributed by atoms with Gasteiger partial charge in [0, 0.05) is 12.1 Å². The fraction of sp³-hybridized carbons (Fsp3) is 0.333. The predicted molar refractivity (Wildman–Crippen MR) is 67.3 cm³/mol. The Morgan fingerprint density at radius 1 is 1.29 bits per heavy atom. The number of nitrogens with zero attached hydrogens (tertiary/aromatic N) is 4. The average molecular weight is 299 g/mol. The van der Waals surface area contributed by atoms with E-state index in [2.05, 4.69) is 20.8 Å². The number of tetrazole rings is 1. The second kappa shape index (κ2) is 5.90. The number of benzene rings is 1. The summed E-state index contributed by atoms with van der Waals surface area (Å²) in [7, 11) is 0. The SMILES string of the molecule is CCc1nnnn1CC(=O)Nc1ccc(C(F)(F)F)cc1. The first-order chi connectivity index (χ1) is 9.90. The highest BCUT2D eigenvalue weighted by molar-refractivity contribution is 5.90. The van der Waals surface area contributed by atoms with E-state index in [1.54, 1.807) is 0 Å². The van der Waals surface area contributed by atoms with Crippen LogP contribution in [0.25, 0.3) is 0 Å². The van der Waals surface area contributed by atoms with Crippen molar-refractivity contribution in [2.24, 2.45) is 0 Å². The van der Waals surface area contributed by atoms with Crippen LogP contribution in [0, 0.1) is 0 Å². The molecule has 1 amide bonds. The molecule has 0 atom stereocenters. The average Bonchev–Trinajstić information content (AvgIpc) is 2.85. The first kappa shape index (κ1) is 14.9. The summed E-state index contributed by atoms with van der Waals surface area (Å²) in [6, 6.07) is 4.20. The molecule has 0 fully saturated rings. The van der Waals surface area contributed by atoms with Crippen LogP contribution < -0.4 is 5.32 Å². The number of aryl methyl sites for hydroxylation is 1. The van der Waals surface area contributed by atoms with E-state index in [1.165, 1.54) is 16.8 Å². The Morgan fingerprint density at radius 3 is 2.52 bits per heavy atom. The summed E-state index contributed by atoms with van der Waals surface area (Å²) in [4.78, 5) is 11.8. The monoisotopic (exact) mass is 299 g/mol. The van der Waals surface area contributed by atoms with Crippen molar-refractivity contribution in [3.05, 3.63) is 35.7 Å². The van der Waals surface area contributed by atoms with Crippen molar-refractivity contribution >= 4 is 11.6 Å². The van der Waals surface area contributed by atoms with Crippen molar-refractivity contribution in [3.63, 3.8) is 0 Å². The van der Waals surface area contributed by atoms with Gasteiger partial charge in [-0.15, -0.1) is 5.10 Å². The fourth-order valence-corrected chi connectivity index (χ4v) is 1.68. The van der Waals surface area contributed by atoms with Gasteiger partial charge in [-0.1, -0.05) is 6.92 Å². The van der Waals surface area contributed by atoms with Gasteiger partial charge < -0.3 is 5.32 Å². The Morgan fingerprint density at radius 2 is 1.95 bits per heavy atom. The van der Waals surface area contributed by atoms with Gasteiger partial charge in [0.25, 0.3) is 0 Å². The lowest BCUT2D eigenvalue weighted by Gasteiger charge is -2.09. The number of anilines is 1. The molecule has 0 saturated carbocycles. The third kappa shape index (κ3) is 3.77. The molecule has 0 unspecified atom stereocenters. The smallest absolute Gasteiger partial charge is 0.324 e. The molecule has 0 bridgehead atoms. The third-order valence-corrected chi connectivity index (χ3v) is 2.71. The molecule has 0 saturated heterocycles. The summed E-state index contributed by atoms with van der Waals surface area (Å²) in [6.45, 7) is 1.74. The number of hydrogen-bond donors (Lipinski definition) is 1. The van der Waals surface area contributed by atoms with Crippen LogP contribution in [0.2, 0.25) is 0 Å². The summed E-state index contributed by atoms with van der Waals surface area (Å²) in [5.41, 5.74) is -0.492. The molecule has 6 nitrogen and oxygen atoms in total. The maximum Gasteiger partial charge on any atom is 0.416 e. The minimum atomic E-state index is -4.40. The highest BCUT2D eigenvalue weighted by Gasteiger charge is 2.29. The molecule has 0 spiro atoms. The van der Waals surface area contributed by atoms with Crippen LogP contribution in [0.5, 0.6) is 0 Å². The van der Waals surface area contributed by atoms with E-state index < -0.39 is 17.6 Å². The molecule has 0 aliphatic heterocycles. The van der Waals surface area contributed by atoms with Gasteiger partial charge in [0.15, 0.2) is 5.82 Å². The molecule has 1 heterocycles. The Kier molecular flexibility index (Phi) is 4.20. The highest BCUT2D eigenvalue weighted by atomic mass is 19.4. The second-order valence-electron chi connectivity index (χ2n) is 4.23. The Labute approximate surface area is 118 Å². The normalized spacial score (nSPS) is 11.4. The van der Waals surface area contributed by atoms with E-state index in [0.717, 1.165) is 12.1 Å². The van der Waals surface area contributed by atoms with E-state index >= 15 is 0 Å². The largest absolute Gasteiger partial charge is 0.416 e. The number of aromatic nitrogens is 4. The van der Waals surface area contributed by atoms with Crippen LogP contribution >= 0.6 is 0 Å². The molecule has 2 aromatic rings. The van der Waals surface area contributed by atoms with Crippen molar-refractivity contribution in [1.82, 2.24) is 20.2 Å².